The van der Waals surface area contributed by atoms with Gasteiger partial charge in [-0.3, -0.25) is 0 Å². The molecule has 66 heavy (non-hydrogen) atoms. The van der Waals surface area contributed by atoms with Crippen LogP contribution in [0.5, 0.6) is 0 Å². The maximum absolute atomic E-state index is 2.33. The first-order valence-corrected chi connectivity index (χ1v) is 22.8. The minimum Gasteiger partial charge on any atom is -0.0622 e. The lowest BCUT2D eigenvalue weighted by Gasteiger charge is -2.20. The molecule has 0 unspecified atom stereocenters. The predicted octanol–water partition coefficient (Wildman–Crippen LogP) is 18.5. The van der Waals surface area contributed by atoms with E-state index in [4.69, 9.17) is 0 Å². The Morgan fingerprint density at radius 2 is 0.530 bits per heavy atom. The first kappa shape index (κ1) is 39.0. The highest BCUT2D eigenvalue weighted by Gasteiger charge is 2.21. The summed E-state index contributed by atoms with van der Waals surface area (Å²) < 4.78 is 0. The van der Waals surface area contributed by atoms with E-state index in [-0.39, 0.29) is 0 Å². The van der Waals surface area contributed by atoms with E-state index in [1.54, 1.807) is 0 Å². The van der Waals surface area contributed by atoms with Crippen LogP contribution in [0.3, 0.4) is 0 Å². The van der Waals surface area contributed by atoms with E-state index < -0.39 is 0 Å². The topological polar surface area (TPSA) is 0 Å². The van der Waals surface area contributed by atoms with Gasteiger partial charge >= 0.3 is 0 Å². The van der Waals surface area contributed by atoms with Gasteiger partial charge in [-0.05, 0) is 127 Å². The Morgan fingerprint density at radius 3 is 1.00 bits per heavy atom. The molecule has 0 aliphatic rings. The van der Waals surface area contributed by atoms with Crippen molar-refractivity contribution in [2.75, 3.05) is 0 Å². The molecule has 0 spiro atoms. The predicted molar refractivity (Wildman–Crippen MR) is 284 cm³/mol. The van der Waals surface area contributed by atoms with Gasteiger partial charge in [-0.2, -0.15) is 0 Å². The molecule has 0 amide bonds. The summed E-state index contributed by atoms with van der Waals surface area (Å²) in [6.07, 6.45) is 4.56. The van der Waals surface area contributed by atoms with Crippen LogP contribution in [-0.2, 0) is 0 Å². The SMILES string of the molecule is C(=Cc1ccccc1-c1ccccc1-c1c2ccccc2c(-c2ccccc2)c2ccccc12)c1cccc(-c2ccccc2-c2c3ccccc3c(-c3ccccc3)c3ccccc23)c1. The molecule has 0 bridgehead atoms. The van der Waals surface area contributed by atoms with Crippen molar-refractivity contribution in [3.63, 3.8) is 0 Å². The lowest BCUT2D eigenvalue weighted by molar-refractivity contribution is 1.58. The molecule has 12 aromatic rings. The quantitative estimate of drug-likeness (QED) is 0.106. The van der Waals surface area contributed by atoms with E-state index >= 15 is 0 Å². The van der Waals surface area contributed by atoms with Gasteiger partial charge in [0.2, 0.25) is 0 Å². The molecule has 12 aromatic carbocycles. The van der Waals surface area contributed by atoms with Crippen molar-refractivity contribution in [3.8, 4) is 66.8 Å². The highest BCUT2D eigenvalue weighted by Crippen LogP contribution is 2.48. The average molecular weight is 837 g/mol. The molecule has 0 radical (unpaired) electrons. The minimum atomic E-state index is 1.15. The van der Waals surface area contributed by atoms with Crippen LogP contribution in [0.2, 0.25) is 0 Å². The molecule has 0 aliphatic heterocycles. The standard InChI is InChI=1S/C66H44/c1-3-24-47(25-4-1)63-55-34-13-17-38-59(55)65(60-39-18-14-35-56(60)63)53-32-11-9-30-51(53)49-28-21-22-45(44-49)42-43-46-23-7-8-29-50(46)52-31-10-12-33-54(52)66-61-40-19-15-36-57(61)64(48-26-5-2-6-27-48)58-37-16-20-41-62(58)66/h1-44H. The van der Waals surface area contributed by atoms with Gasteiger partial charge in [-0.25, -0.2) is 0 Å². The van der Waals surface area contributed by atoms with Crippen LogP contribution in [0.4, 0.5) is 0 Å². The molecule has 308 valence electrons. The second-order valence-electron chi connectivity index (χ2n) is 17.1. The van der Waals surface area contributed by atoms with Crippen LogP contribution < -0.4 is 0 Å². The third-order valence-corrected chi connectivity index (χ3v) is 13.3. The molecule has 0 nitrogen and oxygen atoms in total. The van der Waals surface area contributed by atoms with Gasteiger partial charge < -0.3 is 0 Å². The summed E-state index contributed by atoms with van der Waals surface area (Å²) in [6.45, 7) is 0. The fourth-order valence-electron chi connectivity index (χ4n) is 10.4. The molecule has 0 heteroatoms. The van der Waals surface area contributed by atoms with E-state index in [0.717, 1.165) is 5.56 Å². The van der Waals surface area contributed by atoms with Crippen molar-refractivity contribution in [1.29, 1.82) is 0 Å². The Morgan fingerprint density at radius 1 is 0.197 bits per heavy atom. The summed E-state index contributed by atoms with van der Waals surface area (Å²) in [7, 11) is 0. The van der Waals surface area contributed by atoms with Crippen LogP contribution in [0.15, 0.2) is 255 Å². The molecule has 0 aliphatic carbocycles. The Kier molecular flexibility index (Phi) is 9.97. The molecule has 0 heterocycles. The van der Waals surface area contributed by atoms with Crippen molar-refractivity contribution in [3.05, 3.63) is 266 Å². The summed E-state index contributed by atoms with van der Waals surface area (Å²) >= 11 is 0. The van der Waals surface area contributed by atoms with E-state index in [1.165, 1.54) is 115 Å². The molecule has 0 fully saturated rings. The molecule has 0 aromatic heterocycles. The summed E-state index contributed by atoms with van der Waals surface area (Å²) in [5, 5.41) is 10.0. The highest BCUT2D eigenvalue weighted by molar-refractivity contribution is 6.24. The fourth-order valence-corrected chi connectivity index (χ4v) is 10.4. The molecular formula is C66H44. The van der Waals surface area contributed by atoms with E-state index in [2.05, 4.69) is 267 Å². The Labute approximate surface area is 386 Å². The van der Waals surface area contributed by atoms with Crippen LogP contribution in [-0.4, -0.2) is 0 Å². The summed E-state index contributed by atoms with van der Waals surface area (Å²) in [5.41, 5.74) is 17.1. The Hall–Kier alpha value is -8.58. The van der Waals surface area contributed by atoms with Crippen LogP contribution >= 0.6 is 0 Å². The van der Waals surface area contributed by atoms with Crippen molar-refractivity contribution in [2.24, 2.45) is 0 Å². The van der Waals surface area contributed by atoms with Gasteiger partial charge in [0.1, 0.15) is 0 Å². The zero-order valence-corrected chi connectivity index (χ0v) is 36.4. The second kappa shape index (κ2) is 16.8. The average Bonchev–Trinajstić information content (AvgIpc) is 3.39. The zero-order valence-electron chi connectivity index (χ0n) is 36.4. The third-order valence-electron chi connectivity index (χ3n) is 13.3. The monoisotopic (exact) mass is 836 g/mol. The second-order valence-corrected chi connectivity index (χ2v) is 17.1. The number of fused-ring (bicyclic) bond motifs is 4. The van der Waals surface area contributed by atoms with Gasteiger partial charge in [-0.1, -0.05) is 261 Å². The lowest BCUT2D eigenvalue weighted by atomic mass is 9.83. The van der Waals surface area contributed by atoms with E-state index in [9.17, 15) is 0 Å². The highest BCUT2D eigenvalue weighted by atomic mass is 14.2. The smallest absolute Gasteiger partial charge is 0.00201 e. The first-order valence-electron chi connectivity index (χ1n) is 22.8. The van der Waals surface area contributed by atoms with Crippen LogP contribution in [0.25, 0.3) is 122 Å². The van der Waals surface area contributed by atoms with Gasteiger partial charge in [0, 0.05) is 0 Å². The fraction of sp³-hybridized carbons (Fsp3) is 0. The molecular weight excluding hydrogens is 793 g/mol. The van der Waals surface area contributed by atoms with E-state index in [0.29, 0.717) is 0 Å². The van der Waals surface area contributed by atoms with Gasteiger partial charge in [-0.15, -0.1) is 0 Å². The van der Waals surface area contributed by atoms with Gasteiger partial charge in [0.25, 0.3) is 0 Å². The normalized spacial score (nSPS) is 11.6. The van der Waals surface area contributed by atoms with Crippen molar-refractivity contribution in [2.45, 2.75) is 0 Å². The Balaban J connectivity index is 0.965. The summed E-state index contributed by atoms with van der Waals surface area (Å²) in [4.78, 5) is 0. The van der Waals surface area contributed by atoms with Crippen molar-refractivity contribution < 1.29 is 0 Å². The first-order chi connectivity index (χ1) is 32.8. The number of rotatable bonds is 8. The number of hydrogen-bond acceptors (Lipinski definition) is 0. The zero-order chi connectivity index (χ0) is 43.8. The maximum Gasteiger partial charge on any atom is -0.00201 e. The summed E-state index contributed by atoms with van der Waals surface area (Å²) in [6, 6.07) is 93.0. The molecule has 0 N–H and O–H groups in total. The molecule has 0 atom stereocenters. The minimum absolute atomic E-state index is 1.15. The molecule has 0 saturated heterocycles. The third kappa shape index (κ3) is 6.79. The number of benzene rings is 12. The lowest BCUT2D eigenvalue weighted by Crippen LogP contribution is -1.93. The van der Waals surface area contributed by atoms with Gasteiger partial charge in [0.15, 0.2) is 0 Å². The van der Waals surface area contributed by atoms with Gasteiger partial charge in [0.05, 0.1) is 0 Å². The van der Waals surface area contributed by atoms with Crippen LogP contribution in [0, 0.1) is 0 Å². The van der Waals surface area contributed by atoms with E-state index in [1.807, 2.05) is 0 Å². The largest absolute Gasteiger partial charge is 0.0622 e. The van der Waals surface area contributed by atoms with Crippen molar-refractivity contribution >= 4 is 55.2 Å². The van der Waals surface area contributed by atoms with Crippen molar-refractivity contribution in [1.82, 2.24) is 0 Å². The molecule has 12 rings (SSSR count). The Bertz CT molecular complexity index is 3680. The summed E-state index contributed by atoms with van der Waals surface area (Å²) in [5.74, 6) is 0. The maximum atomic E-state index is 2.33. The number of hydrogen-bond donors (Lipinski definition) is 0. The molecule has 0 saturated carbocycles. The van der Waals surface area contributed by atoms with Crippen LogP contribution in [0.1, 0.15) is 11.1 Å².